The number of nitrogens with zero attached hydrogens (tertiary/aromatic N) is 5. The monoisotopic (exact) mass is 437 g/mol. The first-order chi connectivity index (χ1) is 12.2. The average molecular weight is 439 g/mol. The summed E-state index contributed by atoms with van der Waals surface area (Å²) < 4.78 is 2.91. The first-order valence-corrected chi connectivity index (χ1v) is 10.0. The standard InChI is InChI=1S/C17H17BrClN5S/c18-13-9-21-24(11-13)12-16-10-20-17(25-16)23-6-4-22(5-7-23)15-3-1-2-14(19)8-15/h1-3,8-11H,4-7,12H2. The molecule has 1 fully saturated rings. The molecule has 1 aliphatic rings. The first kappa shape index (κ1) is 16.9. The number of hydrogen-bond acceptors (Lipinski definition) is 5. The number of halogens is 2. The molecule has 1 aromatic carbocycles. The minimum atomic E-state index is 0.756. The lowest BCUT2D eigenvalue weighted by Crippen LogP contribution is -2.46. The Labute approximate surface area is 164 Å². The quantitative estimate of drug-likeness (QED) is 0.614. The van der Waals surface area contributed by atoms with E-state index in [1.54, 1.807) is 17.5 Å². The highest BCUT2D eigenvalue weighted by Crippen LogP contribution is 2.26. The van der Waals surface area contributed by atoms with Crippen molar-refractivity contribution in [1.29, 1.82) is 0 Å². The molecule has 3 aromatic rings. The lowest BCUT2D eigenvalue weighted by molar-refractivity contribution is 0.652. The van der Waals surface area contributed by atoms with Gasteiger partial charge in [-0.25, -0.2) is 4.98 Å². The molecule has 5 nitrogen and oxygen atoms in total. The van der Waals surface area contributed by atoms with Gasteiger partial charge in [-0.05, 0) is 34.1 Å². The highest BCUT2D eigenvalue weighted by molar-refractivity contribution is 9.10. The molecule has 0 saturated carbocycles. The van der Waals surface area contributed by atoms with Gasteiger partial charge in [0.2, 0.25) is 0 Å². The average Bonchev–Trinajstić information content (AvgIpc) is 3.25. The minimum Gasteiger partial charge on any atom is -0.368 e. The summed E-state index contributed by atoms with van der Waals surface area (Å²) in [5.41, 5.74) is 1.19. The number of anilines is 2. The van der Waals surface area contributed by atoms with Gasteiger partial charge in [0.15, 0.2) is 5.13 Å². The molecule has 8 heteroatoms. The van der Waals surface area contributed by atoms with Crippen molar-refractivity contribution in [2.75, 3.05) is 36.0 Å². The molecule has 0 aliphatic carbocycles. The van der Waals surface area contributed by atoms with Crippen LogP contribution in [0.15, 0.2) is 47.3 Å². The summed E-state index contributed by atoms with van der Waals surface area (Å²) in [5.74, 6) is 0. The minimum absolute atomic E-state index is 0.756. The second-order valence-electron chi connectivity index (χ2n) is 5.92. The fourth-order valence-corrected chi connectivity index (χ4v) is 4.40. The molecule has 0 amide bonds. The lowest BCUT2D eigenvalue weighted by Gasteiger charge is -2.36. The number of thiazole rings is 1. The van der Waals surface area contributed by atoms with Crippen LogP contribution in [-0.4, -0.2) is 40.9 Å². The van der Waals surface area contributed by atoms with Crippen LogP contribution in [-0.2, 0) is 6.54 Å². The van der Waals surface area contributed by atoms with Gasteiger partial charge in [-0.3, -0.25) is 4.68 Å². The van der Waals surface area contributed by atoms with Crippen LogP contribution < -0.4 is 9.80 Å². The van der Waals surface area contributed by atoms with Crippen molar-refractivity contribution in [2.45, 2.75) is 6.54 Å². The van der Waals surface area contributed by atoms with Crippen LogP contribution in [0.25, 0.3) is 0 Å². The third kappa shape index (κ3) is 3.99. The van der Waals surface area contributed by atoms with E-state index in [9.17, 15) is 0 Å². The van der Waals surface area contributed by atoms with Crippen LogP contribution in [0.3, 0.4) is 0 Å². The van der Waals surface area contributed by atoms with E-state index in [0.29, 0.717) is 0 Å². The van der Waals surface area contributed by atoms with Crippen molar-refractivity contribution in [3.05, 3.63) is 57.2 Å². The Morgan fingerprint density at radius 1 is 1.12 bits per heavy atom. The van der Waals surface area contributed by atoms with Crippen LogP contribution in [0, 0.1) is 0 Å². The molecule has 1 saturated heterocycles. The molecular formula is C17H17BrClN5S. The summed E-state index contributed by atoms with van der Waals surface area (Å²) in [7, 11) is 0. The summed E-state index contributed by atoms with van der Waals surface area (Å²) in [6.45, 7) is 4.63. The van der Waals surface area contributed by atoms with Crippen molar-refractivity contribution >= 4 is 49.7 Å². The fraction of sp³-hybridized carbons (Fsp3) is 0.294. The zero-order valence-corrected chi connectivity index (χ0v) is 16.6. The maximum absolute atomic E-state index is 6.10. The molecule has 0 bridgehead atoms. The summed E-state index contributed by atoms with van der Waals surface area (Å²) >= 11 is 11.3. The Balaban J connectivity index is 1.38. The molecule has 3 heterocycles. The molecule has 0 spiro atoms. The molecule has 0 N–H and O–H groups in total. The number of hydrogen-bond donors (Lipinski definition) is 0. The number of benzene rings is 1. The number of rotatable bonds is 4. The fourth-order valence-electron chi connectivity index (χ4n) is 2.93. The molecule has 1 aliphatic heterocycles. The maximum Gasteiger partial charge on any atom is 0.185 e. The topological polar surface area (TPSA) is 37.2 Å². The van der Waals surface area contributed by atoms with Crippen molar-refractivity contribution in [1.82, 2.24) is 14.8 Å². The van der Waals surface area contributed by atoms with Gasteiger partial charge in [-0.2, -0.15) is 5.10 Å². The van der Waals surface area contributed by atoms with Crippen LogP contribution in [0.4, 0.5) is 10.8 Å². The van der Waals surface area contributed by atoms with Crippen molar-refractivity contribution in [3.8, 4) is 0 Å². The van der Waals surface area contributed by atoms with Gasteiger partial charge < -0.3 is 9.80 Å². The van der Waals surface area contributed by atoms with E-state index in [0.717, 1.165) is 47.4 Å². The van der Waals surface area contributed by atoms with Gasteiger partial charge in [0.05, 0.1) is 17.2 Å². The third-order valence-corrected chi connectivity index (χ3v) is 5.87. The normalized spacial score (nSPS) is 15.0. The van der Waals surface area contributed by atoms with Gasteiger partial charge >= 0.3 is 0 Å². The second kappa shape index (κ2) is 7.35. The van der Waals surface area contributed by atoms with E-state index in [1.165, 1.54) is 10.6 Å². The Hall–Kier alpha value is -1.57. The largest absolute Gasteiger partial charge is 0.368 e. The molecule has 0 unspecified atom stereocenters. The molecule has 130 valence electrons. The van der Waals surface area contributed by atoms with Crippen molar-refractivity contribution in [3.63, 3.8) is 0 Å². The van der Waals surface area contributed by atoms with Crippen LogP contribution in [0.2, 0.25) is 5.02 Å². The van der Waals surface area contributed by atoms with Crippen LogP contribution in [0.1, 0.15) is 4.88 Å². The molecule has 4 rings (SSSR count). The Morgan fingerprint density at radius 3 is 2.64 bits per heavy atom. The zero-order chi connectivity index (χ0) is 17.2. The predicted octanol–water partition coefficient (Wildman–Crippen LogP) is 4.13. The molecular weight excluding hydrogens is 422 g/mol. The lowest BCUT2D eigenvalue weighted by atomic mass is 10.2. The van der Waals surface area contributed by atoms with Gasteiger partial charge in [0.1, 0.15) is 0 Å². The summed E-state index contributed by atoms with van der Waals surface area (Å²) in [6.07, 6.45) is 5.74. The van der Waals surface area contributed by atoms with E-state index < -0.39 is 0 Å². The Morgan fingerprint density at radius 2 is 1.92 bits per heavy atom. The SMILES string of the molecule is Clc1cccc(N2CCN(c3ncc(Cn4cc(Br)cn4)s3)CC2)c1. The van der Waals surface area contributed by atoms with E-state index in [-0.39, 0.29) is 0 Å². The summed E-state index contributed by atoms with van der Waals surface area (Å²) in [4.78, 5) is 10.5. The summed E-state index contributed by atoms with van der Waals surface area (Å²) in [6, 6.07) is 8.06. The first-order valence-electron chi connectivity index (χ1n) is 8.05. The third-order valence-electron chi connectivity index (χ3n) is 4.18. The van der Waals surface area contributed by atoms with E-state index in [1.807, 2.05) is 35.3 Å². The highest BCUT2D eigenvalue weighted by atomic mass is 79.9. The van der Waals surface area contributed by atoms with E-state index in [2.05, 4.69) is 41.9 Å². The number of aromatic nitrogens is 3. The second-order valence-corrected chi connectivity index (χ2v) is 8.37. The van der Waals surface area contributed by atoms with Gasteiger partial charge in [0, 0.05) is 54.2 Å². The molecule has 0 radical (unpaired) electrons. The van der Waals surface area contributed by atoms with Crippen molar-refractivity contribution < 1.29 is 0 Å². The Bertz CT molecular complexity index is 856. The van der Waals surface area contributed by atoms with Crippen LogP contribution in [0.5, 0.6) is 0 Å². The highest BCUT2D eigenvalue weighted by Gasteiger charge is 2.20. The predicted molar refractivity (Wildman–Crippen MR) is 107 cm³/mol. The van der Waals surface area contributed by atoms with Gasteiger partial charge in [-0.15, -0.1) is 0 Å². The maximum atomic E-state index is 6.10. The van der Waals surface area contributed by atoms with Gasteiger partial charge in [-0.1, -0.05) is 29.0 Å². The van der Waals surface area contributed by atoms with Gasteiger partial charge in [0.25, 0.3) is 0 Å². The molecule has 2 aromatic heterocycles. The number of piperazine rings is 1. The summed E-state index contributed by atoms with van der Waals surface area (Å²) in [5, 5.41) is 6.18. The Kier molecular flexibility index (Phi) is 4.96. The molecule has 0 atom stereocenters. The van der Waals surface area contributed by atoms with Crippen molar-refractivity contribution in [2.24, 2.45) is 0 Å². The zero-order valence-electron chi connectivity index (χ0n) is 13.5. The smallest absolute Gasteiger partial charge is 0.185 e. The van der Waals surface area contributed by atoms with E-state index >= 15 is 0 Å². The van der Waals surface area contributed by atoms with E-state index in [4.69, 9.17) is 11.6 Å². The van der Waals surface area contributed by atoms with Crippen LogP contribution >= 0.6 is 38.9 Å². The molecule has 25 heavy (non-hydrogen) atoms.